The summed E-state index contributed by atoms with van der Waals surface area (Å²) < 4.78 is 38.9. The van der Waals surface area contributed by atoms with Crippen LogP contribution in [0.4, 0.5) is 18.9 Å². The highest BCUT2D eigenvalue weighted by Gasteiger charge is 2.31. The van der Waals surface area contributed by atoms with Crippen molar-refractivity contribution in [2.45, 2.75) is 58.0 Å². The number of carbonyl (C=O) groups excluding carboxylic acids is 1. The lowest BCUT2D eigenvalue weighted by Crippen LogP contribution is -2.46. The van der Waals surface area contributed by atoms with Crippen LogP contribution in [0.1, 0.15) is 61.0 Å². The first-order chi connectivity index (χ1) is 16.7. The Bertz CT molecular complexity index is 1020. The number of hydrogen-bond acceptors (Lipinski definition) is 4. The number of nitrogens with zero attached hydrogens (tertiary/aromatic N) is 3. The number of alkyl halides is 3. The molecular formula is C27H34F3N3O2. The van der Waals surface area contributed by atoms with Gasteiger partial charge in [0, 0.05) is 51.4 Å². The maximum absolute atomic E-state index is 13.0. The minimum atomic E-state index is -4.32. The fourth-order valence-corrected chi connectivity index (χ4v) is 4.91. The fraction of sp³-hybridized carbons (Fsp3) is 0.519. The number of hydrogen-bond donors (Lipinski definition) is 1. The van der Waals surface area contributed by atoms with E-state index in [9.17, 15) is 23.1 Å². The van der Waals surface area contributed by atoms with Gasteiger partial charge in [-0.15, -0.1) is 0 Å². The van der Waals surface area contributed by atoms with Crippen molar-refractivity contribution in [1.29, 1.82) is 0 Å². The largest absolute Gasteiger partial charge is 0.416 e. The van der Waals surface area contributed by atoms with Gasteiger partial charge in [-0.05, 0) is 61.2 Å². The molecule has 1 fully saturated rings. The van der Waals surface area contributed by atoms with Gasteiger partial charge in [0.25, 0.3) is 0 Å². The molecule has 2 heterocycles. The molecule has 0 saturated carbocycles. The maximum atomic E-state index is 13.0. The molecule has 2 aliphatic rings. The van der Waals surface area contributed by atoms with Crippen molar-refractivity contribution in [3.8, 4) is 0 Å². The normalized spacial score (nSPS) is 17.5. The van der Waals surface area contributed by atoms with Gasteiger partial charge < -0.3 is 14.9 Å². The SMILES string of the molecule is CC(O)c1ccc2c(c1)CN(C(=O)CCCCCN1CCN(c3cccc(C(F)(F)F)c3)CC1)C2. The summed E-state index contributed by atoms with van der Waals surface area (Å²) in [7, 11) is 0. The lowest BCUT2D eigenvalue weighted by molar-refractivity contribution is -0.137. The van der Waals surface area contributed by atoms with Crippen LogP contribution in [0.3, 0.4) is 0 Å². The molecule has 0 radical (unpaired) electrons. The van der Waals surface area contributed by atoms with Crippen LogP contribution in [0, 0.1) is 0 Å². The molecule has 2 aliphatic heterocycles. The highest BCUT2D eigenvalue weighted by atomic mass is 19.4. The molecule has 5 nitrogen and oxygen atoms in total. The summed E-state index contributed by atoms with van der Waals surface area (Å²) in [5, 5.41) is 9.77. The van der Waals surface area contributed by atoms with Crippen molar-refractivity contribution in [2.75, 3.05) is 37.6 Å². The number of fused-ring (bicyclic) bond motifs is 1. The number of carbonyl (C=O) groups is 1. The van der Waals surface area contributed by atoms with Gasteiger partial charge in [-0.2, -0.15) is 13.2 Å². The molecule has 0 aromatic heterocycles. The number of unbranched alkanes of at least 4 members (excludes halogenated alkanes) is 2. The van der Waals surface area contributed by atoms with Gasteiger partial charge in [-0.25, -0.2) is 0 Å². The highest BCUT2D eigenvalue weighted by molar-refractivity contribution is 5.77. The van der Waals surface area contributed by atoms with E-state index >= 15 is 0 Å². The van der Waals surface area contributed by atoms with E-state index in [1.807, 2.05) is 28.0 Å². The first-order valence-electron chi connectivity index (χ1n) is 12.4. The molecule has 1 amide bonds. The second-order valence-electron chi connectivity index (χ2n) is 9.64. The monoisotopic (exact) mass is 489 g/mol. The van der Waals surface area contributed by atoms with E-state index in [0.717, 1.165) is 61.7 Å². The summed E-state index contributed by atoms with van der Waals surface area (Å²) in [4.78, 5) is 18.9. The third kappa shape index (κ3) is 6.55. The van der Waals surface area contributed by atoms with E-state index in [2.05, 4.69) is 4.90 Å². The molecule has 0 bridgehead atoms. The van der Waals surface area contributed by atoms with Crippen molar-refractivity contribution >= 4 is 11.6 Å². The van der Waals surface area contributed by atoms with Crippen molar-refractivity contribution in [2.24, 2.45) is 0 Å². The Labute approximate surface area is 205 Å². The van der Waals surface area contributed by atoms with E-state index < -0.39 is 17.8 Å². The first kappa shape index (κ1) is 25.5. The molecule has 4 rings (SSSR count). The summed E-state index contributed by atoms with van der Waals surface area (Å²) in [6.45, 7) is 7.04. The van der Waals surface area contributed by atoms with Crippen molar-refractivity contribution in [3.05, 3.63) is 64.7 Å². The standard InChI is InChI=1S/C27H34F3N3O2/c1-20(34)21-9-10-22-18-33(19-23(22)16-21)26(35)8-3-2-4-11-31-12-14-32(15-13-31)25-7-5-6-24(17-25)27(28,29)30/h5-7,9-10,16-17,20,34H,2-4,8,11-15,18-19H2,1H3. The number of aliphatic hydroxyl groups excluding tert-OH is 1. The van der Waals surface area contributed by atoms with E-state index in [0.29, 0.717) is 38.3 Å². The lowest BCUT2D eigenvalue weighted by atomic mass is 10.0. The molecular weight excluding hydrogens is 455 g/mol. The number of benzene rings is 2. The van der Waals surface area contributed by atoms with Gasteiger partial charge in [0.15, 0.2) is 0 Å². The molecule has 2 aromatic carbocycles. The molecule has 1 atom stereocenters. The molecule has 2 aromatic rings. The zero-order valence-corrected chi connectivity index (χ0v) is 20.2. The maximum Gasteiger partial charge on any atom is 0.416 e. The number of aliphatic hydroxyl groups is 1. The van der Waals surface area contributed by atoms with Crippen molar-refractivity contribution < 1.29 is 23.1 Å². The lowest BCUT2D eigenvalue weighted by Gasteiger charge is -2.36. The predicted molar refractivity (Wildman–Crippen MR) is 130 cm³/mol. The Balaban J connectivity index is 1.13. The van der Waals surface area contributed by atoms with Gasteiger partial charge in [-0.1, -0.05) is 30.7 Å². The predicted octanol–water partition coefficient (Wildman–Crippen LogP) is 4.98. The van der Waals surface area contributed by atoms with E-state index in [1.165, 1.54) is 12.1 Å². The Kier molecular flexibility index (Phi) is 8.02. The number of halogens is 3. The Morgan fingerprint density at radius 2 is 1.71 bits per heavy atom. The molecule has 8 heteroatoms. The molecule has 1 N–H and O–H groups in total. The van der Waals surface area contributed by atoms with Gasteiger partial charge in [0.1, 0.15) is 0 Å². The quantitative estimate of drug-likeness (QED) is 0.531. The highest BCUT2D eigenvalue weighted by Crippen LogP contribution is 2.32. The second-order valence-corrected chi connectivity index (χ2v) is 9.64. The summed E-state index contributed by atoms with van der Waals surface area (Å²) in [6, 6.07) is 11.5. The average Bonchev–Trinajstić information content (AvgIpc) is 3.27. The summed E-state index contributed by atoms with van der Waals surface area (Å²) in [6.07, 6.45) is -1.44. The van der Waals surface area contributed by atoms with E-state index in [4.69, 9.17) is 0 Å². The molecule has 0 spiro atoms. The van der Waals surface area contributed by atoms with Crippen LogP contribution in [0.25, 0.3) is 0 Å². The zero-order valence-electron chi connectivity index (χ0n) is 20.2. The average molecular weight is 490 g/mol. The number of amides is 1. The van der Waals surface area contributed by atoms with Gasteiger partial charge in [0.2, 0.25) is 5.91 Å². The molecule has 1 saturated heterocycles. The minimum Gasteiger partial charge on any atom is -0.389 e. The van der Waals surface area contributed by atoms with Gasteiger partial charge in [-0.3, -0.25) is 9.69 Å². The Morgan fingerprint density at radius 3 is 2.43 bits per heavy atom. The van der Waals surface area contributed by atoms with Crippen LogP contribution in [-0.4, -0.2) is 53.5 Å². The number of anilines is 1. The Morgan fingerprint density at radius 1 is 0.971 bits per heavy atom. The third-order valence-electron chi connectivity index (χ3n) is 7.06. The second kappa shape index (κ2) is 11.0. The van der Waals surface area contributed by atoms with Gasteiger partial charge in [0.05, 0.1) is 11.7 Å². The smallest absolute Gasteiger partial charge is 0.389 e. The van der Waals surface area contributed by atoms with Crippen LogP contribution in [0.5, 0.6) is 0 Å². The molecule has 1 unspecified atom stereocenters. The molecule has 190 valence electrons. The van der Waals surface area contributed by atoms with Crippen LogP contribution >= 0.6 is 0 Å². The summed E-state index contributed by atoms with van der Waals surface area (Å²) >= 11 is 0. The zero-order chi connectivity index (χ0) is 25.0. The summed E-state index contributed by atoms with van der Waals surface area (Å²) in [5.41, 5.74) is 3.19. The first-order valence-corrected chi connectivity index (χ1v) is 12.4. The summed E-state index contributed by atoms with van der Waals surface area (Å²) in [5.74, 6) is 0.175. The van der Waals surface area contributed by atoms with Crippen molar-refractivity contribution in [1.82, 2.24) is 9.80 Å². The van der Waals surface area contributed by atoms with Crippen molar-refractivity contribution in [3.63, 3.8) is 0 Å². The van der Waals surface area contributed by atoms with Crippen LogP contribution in [0.15, 0.2) is 42.5 Å². The number of piperazine rings is 1. The van der Waals surface area contributed by atoms with Crippen LogP contribution in [0.2, 0.25) is 0 Å². The van der Waals surface area contributed by atoms with E-state index in [1.54, 1.807) is 13.0 Å². The molecule has 35 heavy (non-hydrogen) atoms. The Hall–Kier alpha value is -2.58. The fourth-order valence-electron chi connectivity index (χ4n) is 4.91. The van der Waals surface area contributed by atoms with Crippen LogP contribution in [-0.2, 0) is 24.1 Å². The topological polar surface area (TPSA) is 47.0 Å². The minimum absolute atomic E-state index is 0.175. The molecule has 0 aliphatic carbocycles. The van der Waals surface area contributed by atoms with Crippen LogP contribution < -0.4 is 4.90 Å². The third-order valence-corrected chi connectivity index (χ3v) is 7.06. The van der Waals surface area contributed by atoms with E-state index in [-0.39, 0.29) is 5.91 Å². The van der Waals surface area contributed by atoms with Gasteiger partial charge >= 0.3 is 6.18 Å². The number of rotatable bonds is 8.